The van der Waals surface area contributed by atoms with Crippen molar-refractivity contribution in [3.63, 3.8) is 0 Å². The standard InChI is InChI=1S/C19H19N/c20-19(13-7-5-8-13)18-12-14-6-1-2-9-15(14)16-10-3-4-11-17(16)18/h1-4,6,9-13,19H,5,7-8,20H2/t19-/m1/s1. The van der Waals surface area contributed by atoms with Gasteiger partial charge in [0.05, 0.1) is 0 Å². The molecule has 0 bridgehead atoms. The smallest absolute Gasteiger partial charge is 0.0329 e. The maximum atomic E-state index is 6.56. The van der Waals surface area contributed by atoms with Crippen LogP contribution in [-0.4, -0.2) is 0 Å². The molecule has 1 atom stereocenters. The molecule has 20 heavy (non-hydrogen) atoms. The van der Waals surface area contributed by atoms with E-state index in [1.807, 2.05) is 0 Å². The zero-order chi connectivity index (χ0) is 13.5. The van der Waals surface area contributed by atoms with Crippen LogP contribution in [0.15, 0.2) is 54.6 Å². The van der Waals surface area contributed by atoms with Gasteiger partial charge in [-0.3, -0.25) is 0 Å². The third-order valence-corrected chi connectivity index (χ3v) is 4.82. The van der Waals surface area contributed by atoms with Gasteiger partial charge >= 0.3 is 0 Å². The van der Waals surface area contributed by atoms with Gasteiger partial charge in [-0.2, -0.15) is 0 Å². The minimum absolute atomic E-state index is 0.179. The van der Waals surface area contributed by atoms with Crippen LogP contribution < -0.4 is 5.73 Å². The highest BCUT2D eigenvalue weighted by molar-refractivity contribution is 6.09. The number of hydrogen-bond acceptors (Lipinski definition) is 1. The summed E-state index contributed by atoms with van der Waals surface area (Å²) in [5, 5.41) is 5.28. The molecule has 1 nitrogen and oxygen atoms in total. The van der Waals surface area contributed by atoms with E-state index in [-0.39, 0.29) is 6.04 Å². The molecule has 0 unspecified atom stereocenters. The summed E-state index contributed by atoms with van der Waals surface area (Å²) >= 11 is 0. The van der Waals surface area contributed by atoms with E-state index in [0.29, 0.717) is 5.92 Å². The Labute approximate surface area is 119 Å². The number of fused-ring (bicyclic) bond motifs is 3. The molecule has 0 saturated heterocycles. The summed E-state index contributed by atoms with van der Waals surface area (Å²) in [5.74, 6) is 0.666. The molecule has 0 radical (unpaired) electrons. The highest BCUT2D eigenvalue weighted by Gasteiger charge is 2.26. The zero-order valence-corrected chi connectivity index (χ0v) is 11.5. The van der Waals surface area contributed by atoms with Crippen LogP contribution in [0, 0.1) is 5.92 Å². The molecule has 0 spiro atoms. The summed E-state index contributed by atoms with van der Waals surface area (Å²) < 4.78 is 0. The van der Waals surface area contributed by atoms with E-state index in [1.54, 1.807) is 0 Å². The van der Waals surface area contributed by atoms with Crippen molar-refractivity contribution in [1.82, 2.24) is 0 Å². The summed E-state index contributed by atoms with van der Waals surface area (Å²) in [5.41, 5.74) is 7.88. The highest BCUT2D eigenvalue weighted by Crippen LogP contribution is 2.40. The summed E-state index contributed by atoms with van der Waals surface area (Å²) in [7, 11) is 0. The molecule has 1 saturated carbocycles. The molecule has 0 amide bonds. The van der Waals surface area contributed by atoms with E-state index in [4.69, 9.17) is 5.73 Å². The fourth-order valence-corrected chi connectivity index (χ4v) is 3.41. The predicted octanol–water partition coefficient (Wildman–Crippen LogP) is 4.79. The van der Waals surface area contributed by atoms with Crippen molar-refractivity contribution in [2.45, 2.75) is 25.3 Å². The zero-order valence-electron chi connectivity index (χ0n) is 11.5. The summed E-state index contributed by atoms with van der Waals surface area (Å²) in [6, 6.07) is 19.8. The van der Waals surface area contributed by atoms with Gasteiger partial charge in [0, 0.05) is 6.04 Å². The van der Waals surface area contributed by atoms with Gasteiger partial charge in [-0.25, -0.2) is 0 Å². The quantitative estimate of drug-likeness (QED) is 0.659. The first-order valence-corrected chi connectivity index (χ1v) is 7.50. The highest BCUT2D eigenvalue weighted by atomic mass is 14.7. The van der Waals surface area contributed by atoms with Crippen molar-refractivity contribution in [3.8, 4) is 0 Å². The Hall–Kier alpha value is -1.86. The molecule has 1 heteroatoms. The van der Waals surface area contributed by atoms with Crippen LogP contribution in [0.1, 0.15) is 30.9 Å². The lowest BCUT2D eigenvalue weighted by molar-refractivity contribution is 0.265. The van der Waals surface area contributed by atoms with Crippen molar-refractivity contribution >= 4 is 21.5 Å². The Balaban J connectivity index is 2.02. The van der Waals surface area contributed by atoms with Gasteiger partial charge in [-0.05, 0) is 51.9 Å². The summed E-state index contributed by atoms with van der Waals surface area (Å²) in [6.07, 6.45) is 3.90. The normalized spacial score (nSPS) is 17.2. The van der Waals surface area contributed by atoms with Crippen LogP contribution >= 0.6 is 0 Å². The van der Waals surface area contributed by atoms with Crippen molar-refractivity contribution < 1.29 is 0 Å². The molecule has 4 rings (SSSR count). The lowest BCUT2D eigenvalue weighted by Gasteiger charge is -2.32. The van der Waals surface area contributed by atoms with E-state index in [2.05, 4.69) is 54.6 Å². The molecule has 0 aliphatic heterocycles. The van der Waals surface area contributed by atoms with Gasteiger partial charge < -0.3 is 5.73 Å². The summed E-state index contributed by atoms with van der Waals surface area (Å²) in [4.78, 5) is 0. The molecular weight excluding hydrogens is 242 g/mol. The Morgan fingerprint density at radius 2 is 1.50 bits per heavy atom. The van der Waals surface area contributed by atoms with E-state index in [9.17, 15) is 0 Å². The Morgan fingerprint density at radius 3 is 2.20 bits per heavy atom. The molecule has 3 aromatic rings. The van der Waals surface area contributed by atoms with Gasteiger partial charge in [-0.1, -0.05) is 55.0 Å². The van der Waals surface area contributed by atoms with Crippen LogP contribution in [-0.2, 0) is 0 Å². The minimum Gasteiger partial charge on any atom is -0.324 e. The fourth-order valence-electron chi connectivity index (χ4n) is 3.41. The van der Waals surface area contributed by atoms with Crippen LogP contribution in [0.25, 0.3) is 21.5 Å². The van der Waals surface area contributed by atoms with E-state index < -0.39 is 0 Å². The third-order valence-electron chi connectivity index (χ3n) is 4.82. The van der Waals surface area contributed by atoms with Crippen molar-refractivity contribution in [3.05, 3.63) is 60.2 Å². The predicted molar refractivity (Wildman–Crippen MR) is 85.7 cm³/mol. The first-order valence-electron chi connectivity index (χ1n) is 7.50. The van der Waals surface area contributed by atoms with Gasteiger partial charge in [-0.15, -0.1) is 0 Å². The second kappa shape index (κ2) is 4.60. The Kier molecular flexibility index (Phi) is 2.75. The molecule has 1 fully saturated rings. The van der Waals surface area contributed by atoms with Crippen molar-refractivity contribution in [1.29, 1.82) is 0 Å². The van der Waals surface area contributed by atoms with Gasteiger partial charge in [0.1, 0.15) is 0 Å². The Morgan fingerprint density at radius 1 is 0.850 bits per heavy atom. The number of hydrogen-bond donors (Lipinski definition) is 1. The van der Waals surface area contributed by atoms with E-state index in [1.165, 1.54) is 46.4 Å². The van der Waals surface area contributed by atoms with Crippen molar-refractivity contribution in [2.75, 3.05) is 0 Å². The SMILES string of the molecule is N[C@@H](c1cc2ccccc2c2ccccc12)C1CCC1. The molecule has 2 N–H and O–H groups in total. The average molecular weight is 261 g/mol. The first kappa shape index (κ1) is 11.9. The molecule has 0 heterocycles. The molecule has 1 aliphatic carbocycles. The second-order valence-electron chi connectivity index (χ2n) is 5.95. The third kappa shape index (κ3) is 1.74. The molecule has 100 valence electrons. The molecule has 0 aromatic heterocycles. The van der Waals surface area contributed by atoms with Crippen LogP contribution in [0.5, 0.6) is 0 Å². The topological polar surface area (TPSA) is 26.0 Å². The lowest BCUT2D eigenvalue weighted by atomic mass is 9.76. The van der Waals surface area contributed by atoms with Gasteiger partial charge in [0.2, 0.25) is 0 Å². The second-order valence-corrected chi connectivity index (χ2v) is 5.95. The Bertz CT molecular complexity index is 771. The summed E-state index contributed by atoms with van der Waals surface area (Å²) in [6.45, 7) is 0. The van der Waals surface area contributed by atoms with Crippen molar-refractivity contribution in [2.24, 2.45) is 11.7 Å². The fraction of sp³-hybridized carbons (Fsp3) is 0.263. The number of nitrogens with two attached hydrogens (primary N) is 1. The minimum atomic E-state index is 0.179. The van der Waals surface area contributed by atoms with Crippen LogP contribution in [0.3, 0.4) is 0 Å². The van der Waals surface area contributed by atoms with E-state index >= 15 is 0 Å². The van der Waals surface area contributed by atoms with Gasteiger partial charge in [0.15, 0.2) is 0 Å². The first-order chi connectivity index (χ1) is 9.84. The van der Waals surface area contributed by atoms with E-state index in [0.717, 1.165) is 0 Å². The molecule has 3 aromatic carbocycles. The average Bonchev–Trinajstić information content (AvgIpc) is 2.44. The monoisotopic (exact) mass is 261 g/mol. The maximum absolute atomic E-state index is 6.56. The largest absolute Gasteiger partial charge is 0.324 e. The number of rotatable bonds is 2. The molecule has 1 aliphatic rings. The lowest BCUT2D eigenvalue weighted by Crippen LogP contribution is -2.27. The van der Waals surface area contributed by atoms with Crippen LogP contribution in [0.2, 0.25) is 0 Å². The number of benzene rings is 3. The van der Waals surface area contributed by atoms with Gasteiger partial charge in [0.25, 0.3) is 0 Å². The van der Waals surface area contributed by atoms with Crippen LogP contribution in [0.4, 0.5) is 0 Å². The molecular formula is C19H19N. The maximum Gasteiger partial charge on any atom is 0.0329 e.